The predicted molar refractivity (Wildman–Crippen MR) is 98.9 cm³/mol. The molecule has 1 unspecified atom stereocenters. The molecule has 126 valence electrons. The minimum absolute atomic E-state index is 0.194. The molecule has 1 heterocycles. The third-order valence-electron chi connectivity index (χ3n) is 5.03. The highest BCUT2D eigenvalue weighted by Crippen LogP contribution is 2.43. The summed E-state index contributed by atoms with van der Waals surface area (Å²) in [6.07, 6.45) is 9.51. The molecule has 1 amide bonds. The van der Waals surface area contributed by atoms with E-state index in [0.29, 0.717) is 5.75 Å². The van der Waals surface area contributed by atoms with Crippen molar-refractivity contribution in [2.75, 3.05) is 4.90 Å². The number of terminal acetylenes is 1. The molecule has 1 fully saturated rings. The van der Waals surface area contributed by atoms with Crippen molar-refractivity contribution < 1.29 is 9.53 Å². The van der Waals surface area contributed by atoms with Crippen molar-refractivity contribution in [2.24, 2.45) is 5.92 Å². The Morgan fingerprint density at radius 2 is 1.92 bits per heavy atom. The maximum atomic E-state index is 12.8. The van der Waals surface area contributed by atoms with Crippen LogP contribution in [-0.4, -0.2) is 11.9 Å². The van der Waals surface area contributed by atoms with E-state index in [1.54, 1.807) is 0 Å². The van der Waals surface area contributed by atoms with Gasteiger partial charge in [0.25, 0.3) is 0 Å². The zero-order chi connectivity index (χ0) is 17.4. The lowest BCUT2D eigenvalue weighted by Crippen LogP contribution is -2.43. The lowest BCUT2D eigenvalue weighted by Gasteiger charge is -2.36. The molecule has 0 radical (unpaired) electrons. The van der Waals surface area contributed by atoms with Crippen LogP contribution in [0.1, 0.15) is 37.3 Å². The van der Waals surface area contributed by atoms with E-state index in [1.807, 2.05) is 47.4 Å². The molecule has 4 rings (SSSR count). The third kappa shape index (κ3) is 2.89. The highest BCUT2D eigenvalue weighted by atomic mass is 16.5. The summed E-state index contributed by atoms with van der Waals surface area (Å²) in [4.78, 5) is 14.8. The van der Waals surface area contributed by atoms with Crippen molar-refractivity contribution in [3.8, 4) is 23.8 Å². The molecule has 2 aromatic carbocycles. The van der Waals surface area contributed by atoms with Crippen LogP contribution < -0.4 is 9.64 Å². The Hall–Kier alpha value is -2.73. The number of anilines is 1. The number of ether oxygens (including phenoxy) is 1. The summed E-state index contributed by atoms with van der Waals surface area (Å²) in [6.45, 7) is 2.12. The first-order valence-electron chi connectivity index (χ1n) is 8.87. The summed E-state index contributed by atoms with van der Waals surface area (Å²) in [5.41, 5.74) is 2.74. The molecule has 3 heteroatoms. The molecule has 1 aliphatic carbocycles. The predicted octanol–water partition coefficient (Wildman–Crippen LogP) is 4.54. The first-order valence-corrected chi connectivity index (χ1v) is 8.87. The Kier molecular flexibility index (Phi) is 3.97. The van der Waals surface area contributed by atoms with Crippen LogP contribution in [0, 0.1) is 18.3 Å². The van der Waals surface area contributed by atoms with Gasteiger partial charge in [0, 0.05) is 17.5 Å². The average molecular weight is 331 g/mol. The number of carbonyl (C=O) groups is 1. The van der Waals surface area contributed by atoms with Gasteiger partial charge in [0.05, 0.1) is 11.3 Å². The van der Waals surface area contributed by atoms with E-state index in [-0.39, 0.29) is 17.9 Å². The highest BCUT2D eigenvalue weighted by Gasteiger charge is 2.39. The van der Waals surface area contributed by atoms with Gasteiger partial charge in [-0.2, -0.15) is 0 Å². The van der Waals surface area contributed by atoms with Crippen molar-refractivity contribution in [2.45, 2.75) is 38.6 Å². The van der Waals surface area contributed by atoms with Crippen LogP contribution >= 0.6 is 0 Å². The molecule has 3 nitrogen and oxygen atoms in total. The number of fused-ring (bicyclic) bond motifs is 1. The number of para-hydroxylation sites is 1. The second kappa shape index (κ2) is 6.29. The monoisotopic (exact) mass is 331 g/mol. The van der Waals surface area contributed by atoms with Crippen LogP contribution in [0.5, 0.6) is 11.5 Å². The van der Waals surface area contributed by atoms with Crippen LogP contribution in [-0.2, 0) is 11.2 Å². The third-order valence-corrected chi connectivity index (χ3v) is 5.03. The van der Waals surface area contributed by atoms with Gasteiger partial charge in [0.1, 0.15) is 11.5 Å². The molecule has 1 saturated carbocycles. The molecular formula is C22H21NO2. The maximum Gasteiger partial charge on any atom is 0.230 e. The van der Waals surface area contributed by atoms with Gasteiger partial charge in [-0.3, -0.25) is 4.79 Å². The second-order valence-corrected chi connectivity index (χ2v) is 6.87. The van der Waals surface area contributed by atoms with Gasteiger partial charge in [-0.1, -0.05) is 24.1 Å². The van der Waals surface area contributed by atoms with Gasteiger partial charge in [-0.05, 0) is 56.9 Å². The molecule has 2 aliphatic rings. The fourth-order valence-electron chi connectivity index (χ4n) is 3.50. The van der Waals surface area contributed by atoms with E-state index in [9.17, 15) is 4.79 Å². The summed E-state index contributed by atoms with van der Waals surface area (Å²) in [6, 6.07) is 13.7. The zero-order valence-electron chi connectivity index (χ0n) is 14.4. The average Bonchev–Trinajstić information content (AvgIpc) is 3.47. The summed E-state index contributed by atoms with van der Waals surface area (Å²) in [5, 5.41) is 0. The summed E-state index contributed by atoms with van der Waals surface area (Å²) < 4.78 is 6.16. The zero-order valence-corrected chi connectivity index (χ0v) is 14.4. The number of benzene rings is 2. The Morgan fingerprint density at radius 3 is 2.60 bits per heavy atom. The van der Waals surface area contributed by atoms with E-state index in [0.717, 1.165) is 48.2 Å². The van der Waals surface area contributed by atoms with E-state index in [4.69, 9.17) is 11.2 Å². The van der Waals surface area contributed by atoms with Crippen LogP contribution in [0.2, 0.25) is 0 Å². The second-order valence-electron chi connectivity index (χ2n) is 6.87. The van der Waals surface area contributed by atoms with Crippen LogP contribution in [0.15, 0.2) is 42.5 Å². The van der Waals surface area contributed by atoms with E-state index in [1.165, 1.54) is 0 Å². The largest absolute Gasteiger partial charge is 0.456 e. The van der Waals surface area contributed by atoms with Gasteiger partial charge in [-0.25, -0.2) is 0 Å². The Balaban J connectivity index is 1.79. The molecule has 0 N–H and O–H groups in total. The quantitative estimate of drug-likeness (QED) is 0.773. The Labute approximate surface area is 148 Å². The first kappa shape index (κ1) is 15.8. The van der Waals surface area contributed by atoms with Crippen molar-refractivity contribution in [1.82, 2.24) is 0 Å². The Morgan fingerprint density at radius 1 is 1.16 bits per heavy atom. The fraction of sp³-hybridized carbons (Fsp3) is 0.318. The van der Waals surface area contributed by atoms with E-state index < -0.39 is 0 Å². The van der Waals surface area contributed by atoms with Crippen molar-refractivity contribution in [3.63, 3.8) is 0 Å². The molecule has 0 saturated heterocycles. The lowest BCUT2D eigenvalue weighted by molar-refractivity contribution is -0.120. The standard InChI is InChI=1S/C22H21NO2/c1-3-16-12-14-20-19(21(16)25-18-7-5-4-6-8-18)13-9-15(2)23(20)22(24)17-10-11-17/h1,4-8,12,14-15,17H,9-11,13H2,2H3. The van der Waals surface area contributed by atoms with Crippen molar-refractivity contribution >= 4 is 11.6 Å². The molecule has 0 aromatic heterocycles. The van der Waals surface area contributed by atoms with Gasteiger partial charge >= 0.3 is 0 Å². The molecule has 0 bridgehead atoms. The van der Waals surface area contributed by atoms with Crippen LogP contribution in [0.25, 0.3) is 0 Å². The number of hydrogen-bond acceptors (Lipinski definition) is 2. The number of carbonyl (C=O) groups excluding carboxylic acids is 1. The fourth-order valence-corrected chi connectivity index (χ4v) is 3.50. The normalized spacial score (nSPS) is 19.0. The van der Waals surface area contributed by atoms with Crippen molar-refractivity contribution in [3.05, 3.63) is 53.6 Å². The summed E-state index contributed by atoms with van der Waals surface area (Å²) >= 11 is 0. The molecule has 25 heavy (non-hydrogen) atoms. The SMILES string of the molecule is C#Cc1ccc2c(c1Oc1ccccc1)CCC(C)N2C(=O)C1CC1. The van der Waals surface area contributed by atoms with Crippen molar-refractivity contribution in [1.29, 1.82) is 0 Å². The minimum Gasteiger partial charge on any atom is -0.456 e. The maximum absolute atomic E-state index is 12.8. The van der Waals surface area contributed by atoms with E-state index in [2.05, 4.69) is 12.8 Å². The summed E-state index contributed by atoms with van der Waals surface area (Å²) in [5.74, 6) is 4.63. The topological polar surface area (TPSA) is 29.5 Å². The van der Waals surface area contributed by atoms with E-state index >= 15 is 0 Å². The molecule has 2 aromatic rings. The Bertz CT molecular complexity index is 846. The van der Waals surface area contributed by atoms with Gasteiger partial charge in [0.15, 0.2) is 0 Å². The number of amides is 1. The van der Waals surface area contributed by atoms with Crippen LogP contribution in [0.3, 0.4) is 0 Å². The van der Waals surface area contributed by atoms with Gasteiger partial charge in [-0.15, -0.1) is 6.42 Å². The minimum atomic E-state index is 0.194. The first-order chi connectivity index (χ1) is 12.2. The van der Waals surface area contributed by atoms with Crippen LogP contribution in [0.4, 0.5) is 5.69 Å². The van der Waals surface area contributed by atoms with Gasteiger partial charge < -0.3 is 9.64 Å². The molecular weight excluding hydrogens is 310 g/mol. The smallest absolute Gasteiger partial charge is 0.230 e. The number of nitrogens with zero attached hydrogens (tertiary/aromatic N) is 1. The molecule has 0 spiro atoms. The number of hydrogen-bond donors (Lipinski definition) is 0. The summed E-state index contributed by atoms with van der Waals surface area (Å²) in [7, 11) is 0. The highest BCUT2D eigenvalue weighted by molar-refractivity contribution is 5.98. The number of rotatable bonds is 3. The molecule has 1 aliphatic heterocycles. The lowest BCUT2D eigenvalue weighted by atomic mass is 9.93. The molecule has 1 atom stereocenters. The van der Waals surface area contributed by atoms with Gasteiger partial charge in [0.2, 0.25) is 5.91 Å².